The quantitative estimate of drug-likeness (QED) is 0.470. The van der Waals surface area contributed by atoms with E-state index in [1.54, 1.807) is 24.3 Å². The van der Waals surface area contributed by atoms with Crippen LogP contribution in [0.2, 0.25) is 10.0 Å². The van der Waals surface area contributed by atoms with E-state index in [0.29, 0.717) is 10.7 Å². The van der Waals surface area contributed by atoms with Crippen LogP contribution in [0.4, 0.5) is 5.69 Å². The van der Waals surface area contributed by atoms with Gasteiger partial charge < -0.3 is 0 Å². The molecule has 3 rings (SSSR count). The van der Waals surface area contributed by atoms with Crippen molar-refractivity contribution in [3.05, 3.63) is 55.7 Å². The molecule has 0 aliphatic carbocycles. The SMILES string of the molecule is Cc1ccc(/C=C2/C(=O)NC(=S)N(c3cccc(Cl)c3Cl)C2=O)s1. The Morgan fingerprint density at radius 2 is 1.96 bits per heavy atom. The zero-order valence-electron chi connectivity index (χ0n) is 12.3. The predicted octanol–water partition coefficient (Wildman–Crippen LogP) is 4.19. The second-order valence-corrected chi connectivity index (χ2v) is 7.47. The highest BCUT2D eigenvalue weighted by atomic mass is 35.5. The third-order valence-corrected chi connectivity index (χ3v) is 5.36. The molecule has 24 heavy (non-hydrogen) atoms. The number of rotatable bonds is 2. The van der Waals surface area contributed by atoms with E-state index in [1.165, 1.54) is 16.2 Å². The van der Waals surface area contributed by atoms with Crippen LogP contribution in [0, 0.1) is 6.92 Å². The molecule has 1 saturated heterocycles. The zero-order chi connectivity index (χ0) is 17.4. The Morgan fingerprint density at radius 1 is 1.21 bits per heavy atom. The molecule has 8 heteroatoms. The van der Waals surface area contributed by atoms with E-state index < -0.39 is 11.8 Å². The van der Waals surface area contributed by atoms with Gasteiger partial charge in [-0.25, -0.2) is 0 Å². The Morgan fingerprint density at radius 3 is 2.62 bits per heavy atom. The molecule has 1 aromatic heterocycles. The van der Waals surface area contributed by atoms with Crippen LogP contribution in [-0.4, -0.2) is 16.9 Å². The van der Waals surface area contributed by atoms with Gasteiger partial charge in [0, 0.05) is 9.75 Å². The topological polar surface area (TPSA) is 49.4 Å². The Balaban J connectivity index is 2.06. The Kier molecular flexibility index (Phi) is 4.73. The first-order valence-corrected chi connectivity index (χ1v) is 8.78. The molecule has 0 saturated carbocycles. The van der Waals surface area contributed by atoms with E-state index in [9.17, 15) is 9.59 Å². The maximum atomic E-state index is 12.8. The summed E-state index contributed by atoms with van der Waals surface area (Å²) in [5, 5.41) is 2.97. The number of hydrogen-bond donors (Lipinski definition) is 1. The van der Waals surface area contributed by atoms with Crippen molar-refractivity contribution in [3.8, 4) is 0 Å². The van der Waals surface area contributed by atoms with Gasteiger partial charge in [-0.2, -0.15) is 0 Å². The lowest BCUT2D eigenvalue weighted by atomic mass is 10.1. The van der Waals surface area contributed by atoms with Gasteiger partial charge in [0.1, 0.15) is 5.57 Å². The maximum absolute atomic E-state index is 12.8. The van der Waals surface area contributed by atoms with Crippen molar-refractivity contribution in [3.63, 3.8) is 0 Å². The molecule has 1 aliphatic heterocycles. The minimum absolute atomic E-state index is 0.0125. The van der Waals surface area contributed by atoms with Gasteiger partial charge in [0.15, 0.2) is 5.11 Å². The minimum atomic E-state index is -0.543. The van der Waals surface area contributed by atoms with Crippen molar-refractivity contribution in [2.24, 2.45) is 0 Å². The molecule has 4 nitrogen and oxygen atoms in total. The first-order chi connectivity index (χ1) is 11.4. The van der Waals surface area contributed by atoms with Gasteiger partial charge in [-0.1, -0.05) is 29.3 Å². The van der Waals surface area contributed by atoms with Crippen LogP contribution >= 0.6 is 46.8 Å². The summed E-state index contributed by atoms with van der Waals surface area (Å²) in [5.41, 5.74) is 0.314. The molecule has 2 amide bonds. The van der Waals surface area contributed by atoms with Crippen LogP contribution in [0.15, 0.2) is 35.9 Å². The first-order valence-electron chi connectivity index (χ1n) is 6.80. The maximum Gasteiger partial charge on any atom is 0.270 e. The molecule has 0 bridgehead atoms. The minimum Gasteiger partial charge on any atom is -0.298 e. The zero-order valence-corrected chi connectivity index (χ0v) is 15.4. The van der Waals surface area contributed by atoms with Crippen LogP contribution in [0.25, 0.3) is 6.08 Å². The van der Waals surface area contributed by atoms with E-state index >= 15 is 0 Å². The second-order valence-electron chi connectivity index (χ2n) is 4.98. The molecule has 1 aromatic carbocycles. The van der Waals surface area contributed by atoms with Gasteiger partial charge in [0.25, 0.3) is 11.8 Å². The van der Waals surface area contributed by atoms with Gasteiger partial charge in [-0.15, -0.1) is 11.3 Å². The van der Waals surface area contributed by atoms with E-state index in [4.69, 9.17) is 35.4 Å². The number of amides is 2. The average molecular weight is 397 g/mol. The third kappa shape index (κ3) is 3.10. The molecule has 0 unspecified atom stereocenters. The fourth-order valence-corrected chi connectivity index (χ4v) is 3.69. The number of benzene rings is 1. The summed E-state index contributed by atoms with van der Waals surface area (Å²) in [5.74, 6) is -1.08. The van der Waals surface area contributed by atoms with Crippen LogP contribution in [0.3, 0.4) is 0 Å². The highest BCUT2D eigenvalue weighted by Gasteiger charge is 2.35. The number of carbonyl (C=O) groups excluding carboxylic acids is 2. The first kappa shape index (κ1) is 17.1. The summed E-state index contributed by atoms with van der Waals surface area (Å²) in [4.78, 5) is 28.1. The van der Waals surface area contributed by atoms with Crippen LogP contribution < -0.4 is 10.2 Å². The number of carbonyl (C=O) groups is 2. The standard InChI is InChI=1S/C16H10Cl2N2O2S2/c1-8-5-6-9(24-8)7-10-14(21)19-16(23)20(15(10)22)12-4-2-3-11(17)13(12)18/h2-7H,1H3,(H,19,21,23)/b10-7-. The van der Waals surface area contributed by atoms with E-state index in [0.717, 1.165) is 9.75 Å². The van der Waals surface area contributed by atoms with E-state index in [1.807, 2.05) is 19.1 Å². The van der Waals surface area contributed by atoms with Crippen LogP contribution in [0.5, 0.6) is 0 Å². The molecule has 0 radical (unpaired) electrons. The highest BCUT2D eigenvalue weighted by Crippen LogP contribution is 2.34. The number of hydrogen-bond acceptors (Lipinski definition) is 4. The van der Waals surface area contributed by atoms with E-state index in [2.05, 4.69) is 5.32 Å². The van der Waals surface area contributed by atoms with E-state index in [-0.39, 0.29) is 15.7 Å². The Bertz CT molecular complexity index is 905. The van der Waals surface area contributed by atoms with Crippen LogP contribution in [0.1, 0.15) is 9.75 Å². The third-order valence-electron chi connectivity index (χ3n) is 3.32. The van der Waals surface area contributed by atoms with Crippen molar-refractivity contribution in [1.29, 1.82) is 0 Å². The van der Waals surface area contributed by atoms with Gasteiger partial charge in [-0.3, -0.25) is 19.8 Å². The fraction of sp³-hybridized carbons (Fsp3) is 0.0625. The Hall–Kier alpha value is -1.73. The van der Waals surface area contributed by atoms with Crippen molar-refractivity contribution < 1.29 is 9.59 Å². The largest absolute Gasteiger partial charge is 0.298 e. The van der Waals surface area contributed by atoms with Crippen molar-refractivity contribution in [2.45, 2.75) is 6.92 Å². The molecule has 122 valence electrons. The molecule has 0 spiro atoms. The lowest BCUT2D eigenvalue weighted by Crippen LogP contribution is -2.54. The fourth-order valence-electron chi connectivity index (χ4n) is 2.21. The number of halogens is 2. The normalized spacial score (nSPS) is 16.7. The molecule has 0 atom stereocenters. The van der Waals surface area contributed by atoms with Crippen molar-refractivity contribution >= 4 is 75.4 Å². The number of aryl methyl sites for hydroxylation is 1. The van der Waals surface area contributed by atoms with Gasteiger partial charge >= 0.3 is 0 Å². The van der Waals surface area contributed by atoms with Crippen LogP contribution in [-0.2, 0) is 9.59 Å². The Labute approximate surface area is 157 Å². The van der Waals surface area contributed by atoms with Gasteiger partial charge in [0.05, 0.1) is 15.7 Å². The molecular weight excluding hydrogens is 387 g/mol. The average Bonchev–Trinajstić information content (AvgIpc) is 2.93. The predicted molar refractivity (Wildman–Crippen MR) is 102 cm³/mol. The summed E-state index contributed by atoms with van der Waals surface area (Å²) in [7, 11) is 0. The summed E-state index contributed by atoms with van der Waals surface area (Å²) >= 11 is 18.8. The molecule has 1 fully saturated rings. The number of anilines is 1. The summed E-state index contributed by atoms with van der Waals surface area (Å²) in [6.07, 6.45) is 1.54. The molecule has 2 heterocycles. The number of nitrogens with one attached hydrogen (secondary N) is 1. The summed E-state index contributed by atoms with van der Waals surface area (Å²) in [6.45, 7) is 1.95. The van der Waals surface area contributed by atoms with Crippen molar-refractivity contribution in [1.82, 2.24) is 5.32 Å². The smallest absolute Gasteiger partial charge is 0.270 e. The monoisotopic (exact) mass is 396 g/mol. The van der Waals surface area contributed by atoms with Crippen molar-refractivity contribution in [2.75, 3.05) is 4.90 Å². The van der Waals surface area contributed by atoms with Gasteiger partial charge in [-0.05, 0) is 49.5 Å². The number of thiophene rings is 1. The molecular formula is C16H10Cl2N2O2S2. The summed E-state index contributed by atoms with van der Waals surface area (Å²) < 4.78 is 0. The highest BCUT2D eigenvalue weighted by molar-refractivity contribution is 7.80. The summed E-state index contributed by atoms with van der Waals surface area (Å²) in [6, 6.07) is 8.63. The number of nitrogens with zero attached hydrogens (tertiary/aromatic N) is 1. The van der Waals surface area contributed by atoms with Gasteiger partial charge in [0.2, 0.25) is 0 Å². The lowest BCUT2D eigenvalue weighted by Gasteiger charge is -2.29. The number of thiocarbonyl (C=S) groups is 1. The molecule has 1 N–H and O–H groups in total. The lowest BCUT2D eigenvalue weighted by molar-refractivity contribution is -0.122. The molecule has 2 aromatic rings. The molecule has 1 aliphatic rings. The second kappa shape index (κ2) is 6.64.